The molecule has 3 unspecified atom stereocenters. The van der Waals surface area contributed by atoms with Gasteiger partial charge in [0.25, 0.3) is 0 Å². The third kappa shape index (κ3) is 3.70. The second-order valence-electron chi connectivity index (χ2n) is 4.56. The first-order valence-electron chi connectivity index (χ1n) is 6.32. The van der Waals surface area contributed by atoms with Gasteiger partial charge in [0.15, 0.2) is 0 Å². The zero-order valence-electron chi connectivity index (χ0n) is 10.4. The molecule has 0 aromatic heterocycles. The zero-order chi connectivity index (χ0) is 13.0. The van der Waals surface area contributed by atoms with Crippen LogP contribution in [0.3, 0.4) is 0 Å². The second-order valence-corrected chi connectivity index (χ2v) is 6.04. The van der Waals surface area contributed by atoms with E-state index in [1.807, 2.05) is 12.1 Å². The minimum atomic E-state index is 0.0575. The summed E-state index contributed by atoms with van der Waals surface area (Å²) in [6, 6.07) is 8.16. The van der Waals surface area contributed by atoms with Gasteiger partial charge in [-0.25, -0.2) is 0 Å². The molecule has 0 aliphatic heterocycles. The van der Waals surface area contributed by atoms with E-state index in [1.54, 1.807) is 0 Å². The molecule has 0 N–H and O–H groups in total. The number of halogens is 2. The third-order valence-corrected chi connectivity index (χ3v) is 4.03. The van der Waals surface area contributed by atoms with Gasteiger partial charge in [-0.15, -0.1) is 11.6 Å². The van der Waals surface area contributed by atoms with Gasteiger partial charge >= 0.3 is 0 Å². The van der Waals surface area contributed by atoms with Crippen molar-refractivity contribution in [3.63, 3.8) is 0 Å². The van der Waals surface area contributed by atoms with Crippen molar-refractivity contribution in [1.82, 2.24) is 0 Å². The number of hydrogen-bond donors (Lipinski definition) is 0. The van der Waals surface area contributed by atoms with Gasteiger partial charge in [0.05, 0.1) is 18.1 Å². The Morgan fingerprint density at radius 2 is 2.00 bits per heavy atom. The monoisotopic (exact) mass is 332 g/mol. The molecule has 100 valence electrons. The molecule has 1 fully saturated rings. The molecule has 2 rings (SSSR count). The van der Waals surface area contributed by atoms with Crippen molar-refractivity contribution in [1.29, 1.82) is 0 Å². The molecule has 1 aromatic rings. The van der Waals surface area contributed by atoms with E-state index in [0.717, 1.165) is 23.9 Å². The summed E-state index contributed by atoms with van der Waals surface area (Å²) in [4.78, 5) is 0. The van der Waals surface area contributed by atoms with Crippen LogP contribution in [0.4, 0.5) is 0 Å². The van der Waals surface area contributed by atoms with Gasteiger partial charge in [0, 0.05) is 11.1 Å². The maximum Gasteiger partial charge on any atom is 0.100 e. The largest absolute Gasteiger partial charge is 0.374 e. The lowest BCUT2D eigenvalue weighted by molar-refractivity contribution is -0.129. The fourth-order valence-electron chi connectivity index (χ4n) is 1.94. The Morgan fingerprint density at radius 3 is 2.61 bits per heavy atom. The lowest BCUT2D eigenvalue weighted by Gasteiger charge is -2.40. The average molecular weight is 334 g/mol. The molecule has 1 aliphatic rings. The molecule has 1 saturated carbocycles. The highest BCUT2D eigenvalue weighted by Crippen LogP contribution is 2.32. The predicted molar refractivity (Wildman–Crippen MR) is 77.0 cm³/mol. The molecule has 4 heteroatoms. The second kappa shape index (κ2) is 6.90. The van der Waals surface area contributed by atoms with Crippen LogP contribution >= 0.6 is 27.5 Å². The standard InChI is InChI=1S/C14H18BrClO2/c1-2-7-17-14-12(16)8-13(14)18-9-10-3-5-11(15)6-4-10/h3-6,12-14H,2,7-9H2,1H3. The fraction of sp³-hybridized carbons (Fsp3) is 0.571. The Labute approximate surface area is 122 Å². The summed E-state index contributed by atoms with van der Waals surface area (Å²) in [5.74, 6) is 0. The molecule has 0 bridgehead atoms. The first-order valence-corrected chi connectivity index (χ1v) is 7.55. The van der Waals surface area contributed by atoms with Crippen molar-refractivity contribution in [2.75, 3.05) is 6.61 Å². The van der Waals surface area contributed by atoms with E-state index in [9.17, 15) is 0 Å². The smallest absolute Gasteiger partial charge is 0.100 e. The molecular formula is C14H18BrClO2. The number of alkyl halides is 1. The van der Waals surface area contributed by atoms with Gasteiger partial charge in [-0.05, 0) is 30.5 Å². The van der Waals surface area contributed by atoms with Crippen LogP contribution in [0, 0.1) is 0 Å². The van der Waals surface area contributed by atoms with Gasteiger partial charge in [-0.1, -0.05) is 35.0 Å². The van der Waals surface area contributed by atoms with Crippen LogP contribution in [0.2, 0.25) is 0 Å². The molecule has 0 amide bonds. The van der Waals surface area contributed by atoms with Crippen molar-refractivity contribution in [2.45, 2.75) is 44.0 Å². The van der Waals surface area contributed by atoms with E-state index in [2.05, 4.69) is 35.0 Å². The number of ether oxygens (including phenoxy) is 2. The van der Waals surface area contributed by atoms with Crippen molar-refractivity contribution < 1.29 is 9.47 Å². The van der Waals surface area contributed by atoms with Crippen LogP contribution in [-0.2, 0) is 16.1 Å². The van der Waals surface area contributed by atoms with E-state index < -0.39 is 0 Å². The maximum absolute atomic E-state index is 6.14. The summed E-state index contributed by atoms with van der Waals surface area (Å²) in [6.45, 7) is 3.47. The molecule has 18 heavy (non-hydrogen) atoms. The number of benzene rings is 1. The number of hydrogen-bond acceptors (Lipinski definition) is 2. The van der Waals surface area contributed by atoms with Crippen LogP contribution < -0.4 is 0 Å². The topological polar surface area (TPSA) is 18.5 Å². The van der Waals surface area contributed by atoms with E-state index in [0.29, 0.717) is 6.61 Å². The Balaban J connectivity index is 1.78. The van der Waals surface area contributed by atoms with Gasteiger partial charge in [0.1, 0.15) is 6.10 Å². The Hall–Kier alpha value is -0.0900. The molecule has 0 radical (unpaired) electrons. The molecule has 3 atom stereocenters. The van der Waals surface area contributed by atoms with Gasteiger partial charge in [-0.2, -0.15) is 0 Å². The summed E-state index contributed by atoms with van der Waals surface area (Å²) in [7, 11) is 0. The highest BCUT2D eigenvalue weighted by atomic mass is 79.9. The summed E-state index contributed by atoms with van der Waals surface area (Å²) in [5.41, 5.74) is 1.17. The molecule has 0 heterocycles. The zero-order valence-corrected chi connectivity index (χ0v) is 12.8. The van der Waals surface area contributed by atoms with E-state index >= 15 is 0 Å². The van der Waals surface area contributed by atoms with E-state index in [4.69, 9.17) is 21.1 Å². The Kier molecular flexibility index (Phi) is 5.49. The normalized spacial score (nSPS) is 26.9. The first-order chi connectivity index (χ1) is 8.70. The van der Waals surface area contributed by atoms with E-state index in [-0.39, 0.29) is 17.6 Å². The summed E-state index contributed by atoms with van der Waals surface area (Å²) >= 11 is 9.55. The minimum absolute atomic E-state index is 0.0575. The molecular weight excluding hydrogens is 316 g/mol. The summed E-state index contributed by atoms with van der Waals surface area (Å²) in [6.07, 6.45) is 2.09. The maximum atomic E-state index is 6.14. The number of rotatable bonds is 6. The van der Waals surface area contributed by atoms with Gasteiger partial charge in [-0.3, -0.25) is 0 Å². The van der Waals surface area contributed by atoms with Crippen molar-refractivity contribution in [3.05, 3.63) is 34.3 Å². The van der Waals surface area contributed by atoms with Crippen LogP contribution in [0.15, 0.2) is 28.7 Å². The van der Waals surface area contributed by atoms with Gasteiger partial charge < -0.3 is 9.47 Å². The molecule has 0 spiro atoms. The van der Waals surface area contributed by atoms with Crippen LogP contribution in [-0.4, -0.2) is 24.2 Å². The van der Waals surface area contributed by atoms with Crippen LogP contribution in [0.5, 0.6) is 0 Å². The minimum Gasteiger partial charge on any atom is -0.374 e. The Morgan fingerprint density at radius 1 is 1.28 bits per heavy atom. The quantitative estimate of drug-likeness (QED) is 0.728. The van der Waals surface area contributed by atoms with Gasteiger partial charge in [0.2, 0.25) is 0 Å². The SMILES string of the molecule is CCCOC1C(Cl)CC1OCc1ccc(Br)cc1. The van der Waals surface area contributed by atoms with Crippen molar-refractivity contribution in [2.24, 2.45) is 0 Å². The molecule has 0 saturated heterocycles. The lowest BCUT2D eigenvalue weighted by atomic mass is 9.91. The molecule has 2 nitrogen and oxygen atoms in total. The first kappa shape index (κ1) is 14.3. The molecule has 1 aromatic carbocycles. The lowest BCUT2D eigenvalue weighted by Crippen LogP contribution is -2.51. The summed E-state index contributed by atoms with van der Waals surface area (Å²) in [5, 5.41) is 0.103. The Bertz CT molecular complexity index is 369. The highest BCUT2D eigenvalue weighted by Gasteiger charge is 2.41. The van der Waals surface area contributed by atoms with Crippen LogP contribution in [0.25, 0.3) is 0 Å². The van der Waals surface area contributed by atoms with Crippen LogP contribution in [0.1, 0.15) is 25.3 Å². The molecule has 1 aliphatic carbocycles. The third-order valence-electron chi connectivity index (χ3n) is 3.07. The predicted octanol–water partition coefficient (Wildman–Crippen LogP) is 4.14. The fourth-order valence-corrected chi connectivity index (χ4v) is 2.61. The van der Waals surface area contributed by atoms with Crippen molar-refractivity contribution >= 4 is 27.5 Å². The average Bonchev–Trinajstić information content (AvgIpc) is 2.36. The highest BCUT2D eigenvalue weighted by molar-refractivity contribution is 9.10. The summed E-state index contributed by atoms with van der Waals surface area (Å²) < 4.78 is 12.6. The van der Waals surface area contributed by atoms with E-state index in [1.165, 1.54) is 5.56 Å². The van der Waals surface area contributed by atoms with Crippen molar-refractivity contribution in [3.8, 4) is 0 Å².